The fourth-order valence-electron chi connectivity index (χ4n) is 3.84. The van der Waals surface area contributed by atoms with E-state index < -0.39 is 94.7 Å². The van der Waals surface area contributed by atoms with E-state index in [4.69, 9.17) is 20.1 Å². The lowest BCUT2D eigenvalue weighted by Crippen LogP contribution is -2.57. The molecule has 0 bridgehead atoms. The predicted molar refractivity (Wildman–Crippen MR) is 142 cm³/mol. The van der Waals surface area contributed by atoms with Crippen LogP contribution in [0.1, 0.15) is 36.5 Å². The number of carboxylic acid groups (broad SMARTS) is 2. The lowest BCUT2D eigenvalue weighted by atomic mass is 10.1. The quantitative estimate of drug-likeness (QED) is 0.0589. The highest BCUT2D eigenvalue weighted by Gasteiger charge is 2.62. The minimum atomic E-state index is -2.84. The third-order valence-electron chi connectivity index (χ3n) is 6.28. The summed E-state index contributed by atoms with van der Waals surface area (Å²) >= 11 is 0.907. The Morgan fingerprint density at radius 2 is 1.89 bits per heavy atom. The van der Waals surface area contributed by atoms with Gasteiger partial charge in [0.25, 0.3) is 17.7 Å². The molecule has 0 spiro atoms. The number of nitrogens with zero attached hydrogens (tertiary/aromatic N) is 4. The number of aromatic hydroxyl groups is 1. The van der Waals surface area contributed by atoms with Crippen LogP contribution in [-0.4, -0.2) is 107 Å². The molecule has 0 aromatic carbocycles. The van der Waals surface area contributed by atoms with Gasteiger partial charge in [0.05, 0.1) is 12.6 Å². The van der Waals surface area contributed by atoms with E-state index in [-0.39, 0.29) is 20.6 Å². The number of carbonyl (C=O) groups is 6. The van der Waals surface area contributed by atoms with Crippen LogP contribution in [0.25, 0.3) is 0 Å². The number of cyclic esters (lactones) is 1. The van der Waals surface area contributed by atoms with Gasteiger partial charge >= 0.3 is 23.6 Å². The Labute approximate surface area is 253 Å². The summed E-state index contributed by atoms with van der Waals surface area (Å²) in [6.07, 6.45) is -0.411. The van der Waals surface area contributed by atoms with Crippen LogP contribution in [0.2, 0.25) is 0 Å². The van der Waals surface area contributed by atoms with Crippen LogP contribution in [0, 0.1) is 0 Å². The smallest absolute Gasteiger partial charge is 0.372 e. The van der Waals surface area contributed by atoms with Crippen LogP contribution in [0.4, 0.5) is 5.13 Å². The molecule has 2 aromatic heterocycles. The van der Waals surface area contributed by atoms with E-state index in [9.17, 15) is 54.1 Å². The molecule has 2 aromatic rings. The van der Waals surface area contributed by atoms with E-state index >= 15 is 0 Å². The maximum atomic E-state index is 13.2. The van der Waals surface area contributed by atoms with E-state index in [1.54, 1.807) is 0 Å². The maximum absolute atomic E-state index is 13.2. The number of thiazole rings is 1. The number of aromatic nitrogens is 2. The van der Waals surface area contributed by atoms with Gasteiger partial charge in [-0.1, -0.05) is 5.16 Å². The average molecular weight is 654 g/mol. The Hall–Kier alpha value is -5.77. The summed E-state index contributed by atoms with van der Waals surface area (Å²) in [7, 11) is 0. The van der Waals surface area contributed by atoms with Crippen LogP contribution in [0.3, 0.4) is 0 Å². The summed E-state index contributed by atoms with van der Waals surface area (Å²) in [4.78, 5) is 101. The maximum Gasteiger partial charge on any atom is 0.372 e. The Kier molecular flexibility index (Phi) is 8.38. The molecular weight excluding hydrogens is 630 g/mol. The fourth-order valence-corrected chi connectivity index (χ4v) is 4.39. The van der Waals surface area contributed by atoms with E-state index in [2.05, 4.69) is 20.8 Å². The van der Waals surface area contributed by atoms with Crippen molar-refractivity contribution >= 4 is 57.8 Å². The first-order valence-electron chi connectivity index (χ1n) is 12.4. The Morgan fingerprint density at radius 3 is 2.49 bits per heavy atom. The van der Waals surface area contributed by atoms with Gasteiger partial charge in [-0.2, -0.15) is 9.79 Å². The van der Waals surface area contributed by atoms with Gasteiger partial charge in [-0.3, -0.25) is 24.0 Å². The number of ether oxygens (including phenoxy) is 1. The zero-order valence-electron chi connectivity index (χ0n) is 22.9. The first kappa shape index (κ1) is 32.2. The molecule has 3 atom stereocenters. The summed E-state index contributed by atoms with van der Waals surface area (Å²) < 4.78 is 5.07. The number of hydrogen-bond acceptors (Lipinski definition) is 16. The predicted octanol–water partition coefficient (Wildman–Crippen LogP) is -2.80. The Morgan fingerprint density at radius 1 is 1.20 bits per heavy atom. The normalized spacial score (nSPS) is 21.7. The van der Waals surface area contributed by atoms with Crippen LogP contribution >= 0.6 is 11.3 Å². The number of esters is 1. The van der Waals surface area contributed by atoms with Crippen LogP contribution in [0.15, 0.2) is 27.6 Å². The van der Waals surface area contributed by atoms with Gasteiger partial charge < -0.3 is 46.5 Å². The molecule has 3 amide bonds. The molecule has 2 saturated heterocycles. The Balaban J connectivity index is 1.53. The molecule has 0 saturated carbocycles. The largest absolute Gasteiger partial charge is 0.503 e. The minimum absolute atomic E-state index is 0.00947. The molecule has 0 radical (unpaired) electrons. The van der Waals surface area contributed by atoms with E-state index in [0.29, 0.717) is 12.3 Å². The van der Waals surface area contributed by atoms with Crippen molar-refractivity contribution in [1.82, 2.24) is 25.4 Å². The highest BCUT2D eigenvalue weighted by molar-refractivity contribution is 7.13. The van der Waals surface area contributed by atoms with Gasteiger partial charge in [-0.05, 0) is 13.8 Å². The van der Waals surface area contributed by atoms with Crippen molar-refractivity contribution in [2.75, 3.05) is 12.3 Å². The number of nitrogens with one attached hydrogen (secondary N) is 2. The topological polar surface area (TPSA) is 312 Å². The number of amides is 3. The number of hydroxylamine groups is 2. The molecule has 4 heterocycles. The van der Waals surface area contributed by atoms with Crippen molar-refractivity contribution in [3.8, 4) is 5.75 Å². The first-order valence-corrected chi connectivity index (χ1v) is 13.3. The van der Waals surface area contributed by atoms with Gasteiger partial charge in [0.15, 0.2) is 16.6 Å². The van der Waals surface area contributed by atoms with E-state index in [1.807, 2.05) is 0 Å². The molecule has 2 fully saturated rings. The molecule has 2 aliphatic rings. The van der Waals surface area contributed by atoms with Crippen molar-refractivity contribution < 1.29 is 63.7 Å². The molecular formula is C23H23N7O14S. The molecule has 45 heavy (non-hydrogen) atoms. The number of nitrogen functional groups attached to an aromatic ring is 1. The summed E-state index contributed by atoms with van der Waals surface area (Å²) in [5, 5.41) is 47.8. The third kappa shape index (κ3) is 6.16. The number of nitrogens with two attached hydrogens (primary N) is 1. The van der Waals surface area contributed by atoms with Gasteiger partial charge in [-0.15, -0.1) is 11.3 Å². The second-order valence-corrected chi connectivity index (χ2v) is 10.8. The number of carbonyl (C=O) groups excluding carboxylic acids is 4. The Bertz CT molecular complexity index is 1700. The number of rotatable bonds is 10. The molecule has 8 N–H and O–H groups in total. The van der Waals surface area contributed by atoms with Crippen molar-refractivity contribution in [2.45, 2.75) is 43.7 Å². The number of oxime groups is 1. The number of anilines is 1. The number of hydrogen-bond donors (Lipinski definition) is 7. The minimum Gasteiger partial charge on any atom is -0.503 e. The summed E-state index contributed by atoms with van der Waals surface area (Å²) in [5.41, 5.74) is -1.64. The number of aliphatic carboxylic acids is 2. The van der Waals surface area contributed by atoms with Crippen molar-refractivity contribution in [1.29, 1.82) is 0 Å². The zero-order chi connectivity index (χ0) is 33.4. The highest BCUT2D eigenvalue weighted by Crippen LogP contribution is 2.34. The molecule has 21 nitrogen and oxygen atoms in total. The van der Waals surface area contributed by atoms with Crippen molar-refractivity contribution in [2.24, 2.45) is 5.16 Å². The SMILES string of the molecule is CC(C)(O/N=C(\C(=O)N[C@H]1CON(C2(C(=O)O)CC(NC(=O)c3cc(=O)c(O)cn3O)C(=O)O2)C1=O)c1csc(N)n1)C(=O)O. The molecule has 0 aliphatic carbocycles. The molecule has 240 valence electrons. The molecule has 22 heteroatoms. The monoisotopic (exact) mass is 653 g/mol. The van der Waals surface area contributed by atoms with Gasteiger partial charge in [0.2, 0.25) is 11.0 Å². The van der Waals surface area contributed by atoms with Gasteiger partial charge in [0, 0.05) is 11.4 Å². The zero-order valence-corrected chi connectivity index (χ0v) is 23.8. The van der Waals surface area contributed by atoms with Gasteiger partial charge in [0.1, 0.15) is 30.1 Å². The van der Waals surface area contributed by atoms with Crippen LogP contribution in [-0.2, 0) is 38.4 Å². The summed E-state index contributed by atoms with van der Waals surface area (Å²) in [6.45, 7) is 1.62. The van der Waals surface area contributed by atoms with Gasteiger partial charge in [-0.25, -0.2) is 19.4 Å². The average Bonchev–Trinajstić information content (AvgIpc) is 3.63. The molecule has 4 rings (SSSR count). The van der Waals surface area contributed by atoms with E-state index in [0.717, 1.165) is 25.2 Å². The van der Waals surface area contributed by atoms with Crippen LogP contribution in [0.5, 0.6) is 5.75 Å². The second-order valence-electron chi connectivity index (χ2n) is 9.87. The summed E-state index contributed by atoms with van der Waals surface area (Å²) in [5.74, 6) is -9.15. The molecule has 2 unspecified atom stereocenters. The first-order chi connectivity index (χ1) is 21.0. The lowest BCUT2D eigenvalue weighted by Gasteiger charge is -2.30. The fraction of sp³-hybridized carbons (Fsp3) is 0.348. The highest BCUT2D eigenvalue weighted by atomic mass is 32.1. The summed E-state index contributed by atoms with van der Waals surface area (Å²) in [6, 6.07) is -2.80. The van der Waals surface area contributed by atoms with E-state index in [1.165, 1.54) is 5.38 Å². The van der Waals surface area contributed by atoms with Crippen LogP contribution < -0.4 is 21.8 Å². The number of carboxylic acids is 2. The molecule has 2 aliphatic heterocycles. The number of pyridine rings is 1. The van der Waals surface area contributed by atoms with Crippen molar-refractivity contribution in [3.05, 3.63) is 39.3 Å². The van der Waals surface area contributed by atoms with Crippen molar-refractivity contribution in [3.63, 3.8) is 0 Å². The lowest BCUT2D eigenvalue weighted by molar-refractivity contribution is -0.256. The second kappa shape index (κ2) is 11.7. The standard InChI is InChI=1S/C23H23N7O14S/c1-22(2,19(37)38)44-28-14(10-7-45-21(24)27-10)16(34)26-9-6-42-30(17(9)35)23(20(39)40)4-8(18(36)43-23)25-15(33)11-3-12(31)13(32)5-29(11)41/h3,5,7-9,32,41H,4,6H2,1-2H3,(H2,24,27)(H,25,33)(H,26,34)(H,37,38)(H,39,40)/b28-14-/t8?,9-,23?/m0/s1. The third-order valence-corrected chi connectivity index (χ3v) is 6.95.